The SMILES string of the molecule is Cc1ccc(C(=O)CN2C=C/C(=C\C=C(C#N)C#N)c3ccccc32)cc1. The van der Waals surface area contributed by atoms with Crippen molar-refractivity contribution in [2.75, 3.05) is 11.4 Å². The smallest absolute Gasteiger partial charge is 0.182 e. The molecule has 0 spiro atoms. The molecule has 27 heavy (non-hydrogen) atoms. The van der Waals surface area contributed by atoms with E-state index >= 15 is 0 Å². The summed E-state index contributed by atoms with van der Waals surface area (Å²) in [6, 6.07) is 19.0. The van der Waals surface area contributed by atoms with Crippen LogP contribution in [0, 0.1) is 29.6 Å². The van der Waals surface area contributed by atoms with E-state index in [0.29, 0.717) is 5.56 Å². The van der Waals surface area contributed by atoms with Gasteiger partial charge in [0.1, 0.15) is 17.7 Å². The van der Waals surface area contributed by atoms with Gasteiger partial charge in [0.25, 0.3) is 0 Å². The van der Waals surface area contributed by atoms with Crippen molar-refractivity contribution < 1.29 is 4.79 Å². The number of para-hydroxylation sites is 1. The van der Waals surface area contributed by atoms with Crippen LogP contribution in [0.4, 0.5) is 5.69 Å². The van der Waals surface area contributed by atoms with Crippen LogP contribution in [-0.4, -0.2) is 12.3 Å². The number of Topliss-reactive ketones (excluding diaryl/α,β-unsaturated/α-hetero) is 1. The molecule has 0 aromatic heterocycles. The molecule has 0 atom stereocenters. The van der Waals surface area contributed by atoms with Gasteiger partial charge in [-0.2, -0.15) is 10.5 Å². The summed E-state index contributed by atoms with van der Waals surface area (Å²) >= 11 is 0. The molecule has 0 radical (unpaired) electrons. The molecule has 0 fully saturated rings. The van der Waals surface area contributed by atoms with Crippen molar-refractivity contribution in [2.45, 2.75) is 6.92 Å². The van der Waals surface area contributed by atoms with E-state index in [-0.39, 0.29) is 17.9 Å². The zero-order chi connectivity index (χ0) is 19.2. The standard InChI is InChI=1S/C23H17N3O/c1-17-6-9-20(10-7-17)23(27)16-26-13-12-19(11-8-18(14-24)15-25)21-4-2-3-5-22(21)26/h2-13H,16H2,1H3/b19-11+. The molecule has 3 rings (SSSR count). The molecule has 0 unspecified atom stereocenters. The van der Waals surface area contributed by atoms with Crippen LogP contribution in [0.25, 0.3) is 5.57 Å². The van der Waals surface area contributed by atoms with Crippen molar-refractivity contribution in [2.24, 2.45) is 0 Å². The molecule has 0 amide bonds. The van der Waals surface area contributed by atoms with Gasteiger partial charge in [0.15, 0.2) is 5.78 Å². The highest BCUT2D eigenvalue weighted by Crippen LogP contribution is 2.32. The Balaban J connectivity index is 1.89. The zero-order valence-electron chi connectivity index (χ0n) is 14.9. The lowest BCUT2D eigenvalue weighted by Gasteiger charge is -2.27. The van der Waals surface area contributed by atoms with Crippen molar-refractivity contribution in [1.29, 1.82) is 10.5 Å². The van der Waals surface area contributed by atoms with Crippen molar-refractivity contribution in [1.82, 2.24) is 0 Å². The zero-order valence-corrected chi connectivity index (χ0v) is 14.9. The van der Waals surface area contributed by atoms with Crippen molar-refractivity contribution in [3.05, 3.63) is 95.2 Å². The maximum Gasteiger partial charge on any atom is 0.182 e. The van der Waals surface area contributed by atoms with Gasteiger partial charge in [0.2, 0.25) is 0 Å². The Bertz CT molecular complexity index is 1030. The van der Waals surface area contributed by atoms with Crippen molar-refractivity contribution in [3.8, 4) is 12.1 Å². The first kappa shape index (κ1) is 17.9. The highest BCUT2D eigenvalue weighted by molar-refractivity contribution is 6.00. The molecule has 0 N–H and O–H groups in total. The van der Waals surface area contributed by atoms with Gasteiger partial charge in [-0.3, -0.25) is 4.79 Å². The summed E-state index contributed by atoms with van der Waals surface area (Å²) in [5, 5.41) is 17.8. The van der Waals surface area contributed by atoms with Crippen molar-refractivity contribution >= 4 is 17.0 Å². The number of benzene rings is 2. The summed E-state index contributed by atoms with van der Waals surface area (Å²) in [6.07, 6.45) is 6.99. The third-order valence-electron chi connectivity index (χ3n) is 4.32. The van der Waals surface area contributed by atoms with Crippen LogP contribution in [0.1, 0.15) is 21.5 Å². The van der Waals surface area contributed by atoms with Gasteiger partial charge in [0.05, 0.1) is 6.54 Å². The third kappa shape index (κ3) is 4.03. The van der Waals surface area contributed by atoms with Gasteiger partial charge < -0.3 is 4.90 Å². The number of ketones is 1. The Morgan fingerprint density at radius 2 is 1.78 bits per heavy atom. The third-order valence-corrected chi connectivity index (χ3v) is 4.32. The summed E-state index contributed by atoms with van der Waals surface area (Å²) in [4.78, 5) is 14.5. The minimum atomic E-state index is 0.0398. The van der Waals surface area contributed by atoms with Crippen molar-refractivity contribution in [3.63, 3.8) is 0 Å². The van der Waals surface area contributed by atoms with E-state index in [9.17, 15) is 4.79 Å². The molecule has 2 aromatic rings. The van der Waals surface area contributed by atoms with E-state index in [4.69, 9.17) is 10.5 Å². The molecule has 0 saturated carbocycles. The second-order valence-corrected chi connectivity index (χ2v) is 6.18. The van der Waals surface area contributed by atoms with E-state index in [1.807, 2.05) is 84.8 Å². The van der Waals surface area contributed by atoms with Crippen LogP contribution in [0.5, 0.6) is 0 Å². The Labute approximate surface area is 158 Å². The molecule has 1 heterocycles. The predicted octanol–water partition coefficient (Wildman–Crippen LogP) is 4.57. The molecule has 1 aliphatic rings. The molecule has 0 saturated heterocycles. The maximum atomic E-state index is 12.6. The quantitative estimate of drug-likeness (QED) is 0.598. The first-order chi connectivity index (χ1) is 13.1. The Morgan fingerprint density at radius 1 is 1.07 bits per heavy atom. The Kier molecular flexibility index (Phi) is 5.30. The number of aryl methyl sites for hydroxylation is 1. The van der Waals surface area contributed by atoms with Crippen LogP contribution in [0.2, 0.25) is 0 Å². The van der Waals surface area contributed by atoms with Crippen LogP contribution < -0.4 is 4.90 Å². The highest BCUT2D eigenvalue weighted by Gasteiger charge is 2.18. The number of fused-ring (bicyclic) bond motifs is 1. The average molecular weight is 351 g/mol. The Morgan fingerprint density at radius 3 is 2.48 bits per heavy atom. The van der Waals surface area contributed by atoms with Crippen LogP contribution >= 0.6 is 0 Å². The fourth-order valence-corrected chi connectivity index (χ4v) is 2.85. The number of hydrogen-bond acceptors (Lipinski definition) is 4. The summed E-state index contributed by atoms with van der Waals surface area (Å²) in [5.74, 6) is 0.0398. The van der Waals surface area contributed by atoms with Gasteiger partial charge in [0, 0.05) is 23.0 Å². The number of hydrogen-bond donors (Lipinski definition) is 0. The molecule has 4 nitrogen and oxygen atoms in total. The number of anilines is 1. The lowest BCUT2D eigenvalue weighted by atomic mass is 9.98. The lowest BCUT2D eigenvalue weighted by Crippen LogP contribution is -2.27. The number of carbonyl (C=O) groups is 1. The van der Waals surface area contributed by atoms with E-state index in [1.165, 1.54) is 6.08 Å². The molecule has 4 heteroatoms. The molecule has 0 bridgehead atoms. The second-order valence-electron chi connectivity index (χ2n) is 6.18. The topological polar surface area (TPSA) is 67.9 Å². The van der Waals surface area contributed by atoms with Gasteiger partial charge in [-0.25, -0.2) is 0 Å². The number of rotatable bonds is 4. The van der Waals surface area contributed by atoms with Gasteiger partial charge in [-0.1, -0.05) is 54.1 Å². The predicted molar refractivity (Wildman–Crippen MR) is 106 cm³/mol. The summed E-state index contributed by atoms with van der Waals surface area (Å²) in [5.41, 5.74) is 4.59. The first-order valence-electron chi connectivity index (χ1n) is 8.48. The number of carbonyl (C=O) groups excluding carboxylic acids is 1. The van der Waals surface area contributed by atoms with Crippen LogP contribution in [-0.2, 0) is 0 Å². The minimum absolute atomic E-state index is 0.0398. The van der Waals surface area contributed by atoms with E-state index in [2.05, 4.69) is 0 Å². The lowest BCUT2D eigenvalue weighted by molar-refractivity contribution is 0.100. The summed E-state index contributed by atoms with van der Waals surface area (Å²) < 4.78 is 0. The number of nitriles is 2. The minimum Gasteiger partial charge on any atom is -0.340 e. The van der Waals surface area contributed by atoms with E-state index in [0.717, 1.165) is 22.4 Å². The maximum absolute atomic E-state index is 12.6. The first-order valence-corrected chi connectivity index (χ1v) is 8.48. The molecular weight excluding hydrogens is 334 g/mol. The molecule has 2 aromatic carbocycles. The Hall–Kier alpha value is -3.89. The second kappa shape index (κ2) is 7.99. The van der Waals surface area contributed by atoms with Gasteiger partial charge >= 0.3 is 0 Å². The molecule has 1 aliphatic heterocycles. The monoisotopic (exact) mass is 351 g/mol. The molecule has 130 valence electrons. The summed E-state index contributed by atoms with van der Waals surface area (Å²) in [6.45, 7) is 2.23. The number of nitrogens with zero attached hydrogens (tertiary/aromatic N) is 3. The highest BCUT2D eigenvalue weighted by atomic mass is 16.1. The molecule has 0 aliphatic carbocycles. The van der Waals surface area contributed by atoms with Gasteiger partial charge in [-0.15, -0.1) is 0 Å². The van der Waals surface area contributed by atoms with E-state index < -0.39 is 0 Å². The fraction of sp³-hybridized carbons (Fsp3) is 0.0870. The van der Waals surface area contributed by atoms with E-state index in [1.54, 1.807) is 6.08 Å². The average Bonchev–Trinajstić information content (AvgIpc) is 2.70. The summed E-state index contributed by atoms with van der Waals surface area (Å²) in [7, 11) is 0. The van der Waals surface area contributed by atoms with Gasteiger partial charge in [-0.05, 0) is 30.7 Å². The van der Waals surface area contributed by atoms with Crippen LogP contribution in [0.15, 0.2) is 78.5 Å². The fourth-order valence-electron chi connectivity index (χ4n) is 2.85. The largest absolute Gasteiger partial charge is 0.340 e. The number of allylic oxidation sites excluding steroid dienone is 5. The molecular formula is C23H17N3O. The van der Waals surface area contributed by atoms with Crippen LogP contribution in [0.3, 0.4) is 0 Å². The normalized spacial score (nSPS) is 13.4.